The lowest BCUT2D eigenvalue weighted by Crippen LogP contribution is -2.23. The zero-order valence-corrected chi connectivity index (χ0v) is 54.6. The van der Waals surface area contributed by atoms with Crippen molar-refractivity contribution in [1.82, 2.24) is 0 Å². The Morgan fingerprint density at radius 3 is 0.542 bits per heavy atom. The van der Waals surface area contributed by atoms with Gasteiger partial charge in [0.2, 0.25) is 0 Å². The molecule has 96 heavy (non-hydrogen) atoms. The van der Waals surface area contributed by atoms with Gasteiger partial charge in [-0.1, -0.05) is 54.6 Å². The number of rotatable bonds is 24. The molecule has 0 aromatic heterocycles. The molecule has 0 saturated carbocycles. The predicted octanol–water partition coefficient (Wildman–Crippen LogP) is 22.2. The maximum atomic E-state index is 5.83. The highest BCUT2D eigenvalue weighted by molar-refractivity contribution is 5.90. The van der Waals surface area contributed by atoms with Gasteiger partial charge in [-0.3, -0.25) is 0 Å². The van der Waals surface area contributed by atoms with Gasteiger partial charge in [0.15, 0.2) is 0 Å². The molecule has 1 aliphatic carbocycles. The Kier molecular flexibility index (Phi) is 19.0. The molecule has 12 nitrogen and oxygen atoms in total. The molecule has 1 aliphatic rings. The van der Waals surface area contributed by atoms with Gasteiger partial charge in [0, 0.05) is 91.0 Å². The van der Waals surface area contributed by atoms with Crippen molar-refractivity contribution in [2.45, 2.75) is 12.8 Å². The Morgan fingerprint density at radius 1 is 0.177 bits per heavy atom. The first kappa shape index (κ1) is 62.5. The zero-order valence-electron chi connectivity index (χ0n) is 54.6. The largest absolute Gasteiger partial charge is 0.497 e. The molecule has 0 fully saturated rings. The molecule has 0 spiro atoms. The Bertz CT molecular complexity index is 4360. The molecule has 0 saturated heterocycles. The molecule has 476 valence electrons. The van der Waals surface area contributed by atoms with Crippen LogP contribution >= 0.6 is 0 Å². The smallest absolute Gasteiger partial charge is 0.119 e. The van der Waals surface area contributed by atoms with Gasteiger partial charge in [0.1, 0.15) is 34.5 Å². The van der Waals surface area contributed by atoms with E-state index in [-0.39, 0.29) is 0 Å². The lowest BCUT2D eigenvalue weighted by atomic mass is 10.0. The van der Waals surface area contributed by atoms with Crippen LogP contribution in [0.5, 0.6) is 34.5 Å². The SMILES string of the molecule is COc1ccc(N(C2=CC=C(N(c3ccc(OC)cc3)c3cc(N(c4ccc(OC)cc4)c4ccc(N(c5ccccc5)c5ccc(OC)cc5)cc4)cc(N(c4ccc(OC)cc4)c4ccc(N(c5ccccc5)c5ccc(OC)cc5)cc4)c3)CC2)c2ccccc2)cc1. The fraction of sp³-hybridized carbons (Fsp3) is 0.0952. The van der Waals surface area contributed by atoms with E-state index >= 15 is 0 Å². The van der Waals surface area contributed by atoms with Gasteiger partial charge in [-0.25, -0.2) is 0 Å². The summed E-state index contributed by atoms with van der Waals surface area (Å²) < 4.78 is 34.3. The van der Waals surface area contributed by atoms with Crippen LogP contribution in [0.3, 0.4) is 0 Å². The van der Waals surface area contributed by atoms with E-state index in [1.54, 1.807) is 42.7 Å². The van der Waals surface area contributed by atoms with Crippen molar-refractivity contribution in [2.24, 2.45) is 0 Å². The minimum absolute atomic E-state index is 0.697. The minimum atomic E-state index is 0.697. The van der Waals surface area contributed by atoms with Crippen LogP contribution in [0, 0.1) is 0 Å². The topological polar surface area (TPSA) is 74.8 Å². The molecule has 0 heterocycles. The Labute approximate surface area is 562 Å². The van der Waals surface area contributed by atoms with Crippen molar-refractivity contribution in [3.05, 3.63) is 327 Å². The molecular formula is C84H74N6O6. The number of benzene rings is 12. The minimum Gasteiger partial charge on any atom is -0.497 e. The van der Waals surface area contributed by atoms with Crippen LogP contribution in [0.15, 0.2) is 327 Å². The van der Waals surface area contributed by atoms with Crippen LogP contribution in [0.4, 0.5) is 91.0 Å². The highest BCUT2D eigenvalue weighted by atomic mass is 16.5. The molecule has 0 radical (unpaired) electrons. The number of ether oxygens (including phenoxy) is 6. The quantitative estimate of drug-likeness (QED) is 0.0578. The monoisotopic (exact) mass is 1260 g/mol. The first-order valence-corrected chi connectivity index (χ1v) is 31.9. The van der Waals surface area contributed by atoms with Crippen LogP contribution < -0.4 is 57.8 Å². The number of hydrogen-bond acceptors (Lipinski definition) is 12. The highest BCUT2D eigenvalue weighted by Gasteiger charge is 2.27. The Morgan fingerprint density at radius 2 is 0.333 bits per heavy atom. The van der Waals surface area contributed by atoms with E-state index in [0.717, 1.165) is 143 Å². The number of methoxy groups -OCH3 is 6. The van der Waals surface area contributed by atoms with E-state index in [1.165, 1.54) is 0 Å². The summed E-state index contributed by atoms with van der Waals surface area (Å²) in [6.07, 6.45) is 5.97. The number of allylic oxidation sites excluding steroid dienone is 4. The molecule has 0 amide bonds. The molecule has 12 aromatic rings. The molecule has 13 rings (SSSR count). The second-order valence-corrected chi connectivity index (χ2v) is 22.8. The number of para-hydroxylation sites is 3. The zero-order chi connectivity index (χ0) is 65.7. The summed E-state index contributed by atoms with van der Waals surface area (Å²) >= 11 is 0. The summed E-state index contributed by atoms with van der Waals surface area (Å²) in [6, 6.07) is 105. The summed E-state index contributed by atoms with van der Waals surface area (Å²) in [5, 5.41) is 0. The van der Waals surface area contributed by atoms with Crippen LogP contribution in [0.2, 0.25) is 0 Å². The average molecular weight is 1260 g/mol. The summed E-state index contributed by atoms with van der Waals surface area (Å²) in [5.41, 5.74) is 17.7. The molecule has 0 atom stereocenters. The van der Waals surface area contributed by atoms with Crippen LogP contribution in [-0.2, 0) is 0 Å². The van der Waals surface area contributed by atoms with Gasteiger partial charge < -0.3 is 57.8 Å². The predicted molar refractivity (Wildman–Crippen MR) is 393 cm³/mol. The van der Waals surface area contributed by atoms with E-state index in [1.807, 2.05) is 84.9 Å². The van der Waals surface area contributed by atoms with Crippen molar-refractivity contribution in [3.63, 3.8) is 0 Å². The molecular weight excluding hydrogens is 1190 g/mol. The fourth-order valence-corrected chi connectivity index (χ4v) is 12.3. The van der Waals surface area contributed by atoms with E-state index in [4.69, 9.17) is 28.4 Å². The van der Waals surface area contributed by atoms with Gasteiger partial charge in [-0.15, -0.1) is 0 Å². The maximum Gasteiger partial charge on any atom is 0.119 e. The van der Waals surface area contributed by atoms with Crippen molar-refractivity contribution < 1.29 is 28.4 Å². The van der Waals surface area contributed by atoms with E-state index < -0.39 is 0 Å². The van der Waals surface area contributed by atoms with Gasteiger partial charge >= 0.3 is 0 Å². The van der Waals surface area contributed by atoms with Crippen LogP contribution in [-0.4, -0.2) is 42.7 Å². The molecule has 0 aliphatic heterocycles. The van der Waals surface area contributed by atoms with Crippen molar-refractivity contribution in [3.8, 4) is 34.5 Å². The summed E-state index contributed by atoms with van der Waals surface area (Å²) in [4.78, 5) is 13.9. The van der Waals surface area contributed by atoms with Gasteiger partial charge in [0.05, 0.1) is 54.0 Å². The van der Waals surface area contributed by atoms with Gasteiger partial charge in [-0.05, 0) is 274 Å². The summed E-state index contributed by atoms with van der Waals surface area (Å²) in [7, 11) is 10.2. The Hall–Kier alpha value is -12.3. The molecule has 12 aromatic carbocycles. The third-order valence-electron chi connectivity index (χ3n) is 17.1. The summed E-state index contributed by atoms with van der Waals surface area (Å²) in [5.74, 6) is 4.61. The van der Waals surface area contributed by atoms with E-state index in [0.29, 0.717) is 6.42 Å². The number of nitrogens with zero attached hydrogens (tertiary/aromatic N) is 6. The highest BCUT2D eigenvalue weighted by Crippen LogP contribution is 2.49. The van der Waals surface area contributed by atoms with Crippen LogP contribution in [0.1, 0.15) is 12.8 Å². The van der Waals surface area contributed by atoms with Gasteiger partial charge in [-0.2, -0.15) is 0 Å². The van der Waals surface area contributed by atoms with Crippen LogP contribution in [0.25, 0.3) is 0 Å². The molecule has 12 heteroatoms. The first-order valence-electron chi connectivity index (χ1n) is 31.9. The molecule has 0 unspecified atom stereocenters. The lowest BCUT2D eigenvalue weighted by Gasteiger charge is -2.35. The number of anilines is 16. The second-order valence-electron chi connectivity index (χ2n) is 22.8. The van der Waals surface area contributed by atoms with E-state index in [2.05, 4.69) is 260 Å². The van der Waals surface area contributed by atoms with Gasteiger partial charge in [0.25, 0.3) is 0 Å². The first-order chi connectivity index (χ1) is 47.3. The van der Waals surface area contributed by atoms with Crippen molar-refractivity contribution in [1.29, 1.82) is 0 Å². The average Bonchev–Trinajstić information content (AvgIpc) is 0.790. The molecule has 0 bridgehead atoms. The Balaban J connectivity index is 1.03. The van der Waals surface area contributed by atoms with Crippen molar-refractivity contribution in [2.75, 3.05) is 72.1 Å². The standard InChI is InChI=1S/C84H74N6O6/c1-91-79-46-34-70(35-47-79)85(61-16-10-7-11-17-61)64-22-28-67(29-23-64)88(73-40-52-82(94-4)53-41-73)76-58-77(89(74-42-54-83(95-5)55-43-74)68-30-24-65(25-31-68)86(62-18-12-8-13-19-62)71-36-48-80(92-2)49-37-71)60-78(59-76)90(75-44-56-84(96-6)57-45-75)69-32-26-66(27-33-69)87(63-20-14-9-15-21-63)72-38-50-81(93-3)51-39-72/h7-26,28-32,34-60H,27,33H2,1-6H3. The molecule has 0 N–H and O–H groups in total. The normalized spacial score (nSPS) is 11.7. The third-order valence-corrected chi connectivity index (χ3v) is 17.1. The van der Waals surface area contributed by atoms with E-state index in [9.17, 15) is 0 Å². The summed E-state index contributed by atoms with van der Waals surface area (Å²) in [6.45, 7) is 0. The lowest BCUT2D eigenvalue weighted by molar-refractivity contribution is 0.414. The fourth-order valence-electron chi connectivity index (χ4n) is 12.3. The van der Waals surface area contributed by atoms with Crippen molar-refractivity contribution >= 4 is 91.0 Å². The second kappa shape index (κ2) is 29.1. The maximum absolute atomic E-state index is 5.83. The third kappa shape index (κ3) is 13.6. The number of hydrogen-bond donors (Lipinski definition) is 0.